The van der Waals surface area contributed by atoms with Crippen LogP contribution in [-0.4, -0.2) is 53.1 Å². The quantitative estimate of drug-likeness (QED) is 0.657. The summed E-state index contributed by atoms with van der Waals surface area (Å²) in [7, 11) is 1.66. The van der Waals surface area contributed by atoms with E-state index in [4.69, 9.17) is 9.47 Å². The van der Waals surface area contributed by atoms with E-state index in [2.05, 4.69) is 20.5 Å². The molecule has 0 radical (unpaired) electrons. The van der Waals surface area contributed by atoms with Crippen LogP contribution >= 0.6 is 0 Å². The Morgan fingerprint density at radius 1 is 1.33 bits per heavy atom. The molecule has 0 bridgehead atoms. The van der Waals surface area contributed by atoms with Crippen LogP contribution in [0.1, 0.15) is 18.7 Å². The van der Waals surface area contributed by atoms with E-state index in [0.29, 0.717) is 24.7 Å². The molecule has 21 heavy (non-hydrogen) atoms. The van der Waals surface area contributed by atoms with Crippen molar-refractivity contribution in [1.82, 2.24) is 19.6 Å². The second-order valence-electron chi connectivity index (χ2n) is 4.65. The van der Waals surface area contributed by atoms with Gasteiger partial charge in [0.25, 0.3) is 0 Å². The Morgan fingerprint density at radius 3 is 3.00 bits per heavy atom. The summed E-state index contributed by atoms with van der Waals surface area (Å²) in [6.07, 6.45) is 1.95. The molecule has 116 valence electrons. The van der Waals surface area contributed by atoms with E-state index in [1.807, 2.05) is 0 Å². The van der Waals surface area contributed by atoms with Gasteiger partial charge in [0.15, 0.2) is 5.65 Å². The van der Waals surface area contributed by atoms with Crippen molar-refractivity contribution in [3.63, 3.8) is 0 Å². The molecule has 0 unspecified atom stereocenters. The minimum Gasteiger partial charge on any atom is -0.382 e. The lowest BCUT2D eigenvalue weighted by molar-refractivity contribution is 0.0691. The zero-order valence-electron chi connectivity index (χ0n) is 12.4. The largest absolute Gasteiger partial charge is 0.382 e. The Balaban J connectivity index is 1.75. The molecule has 0 fully saturated rings. The summed E-state index contributed by atoms with van der Waals surface area (Å²) in [5.74, 6) is 1.33. The van der Waals surface area contributed by atoms with Crippen molar-refractivity contribution in [3.8, 4) is 0 Å². The number of anilines is 1. The van der Waals surface area contributed by atoms with Gasteiger partial charge in [0, 0.05) is 26.3 Å². The molecule has 0 aliphatic heterocycles. The van der Waals surface area contributed by atoms with E-state index < -0.39 is 0 Å². The van der Waals surface area contributed by atoms with Gasteiger partial charge in [-0.2, -0.15) is 5.10 Å². The number of methoxy groups -OCH3 is 1. The molecule has 0 saturated heterocycles. The lowest BCUT2D eigenvalue weighted by Crippen LogP contribution is -2.14. The highest BCUT2D eigenvalue weighted by Crippen LogP contribution is 2.07. The standard InChI is InChI=1S/C13H21N5O3/c1-10-15-11(9-12-16-17-13(19)18(10)12)14-5-3-4-6-21-8-7-20-2/h9,14H,3-8H2,1-2H3,(H,17,19). The zero-order valence-corrected chi connectivity index (χ0v) is 12.4. The second kappa shape index (κ2) is 7.75. The van der Waals surface area contributed by atoms with Crippen LogP contribution in [-0.2, 0) is 9.47 Å². The number of H-pyrrole nitrogens is 1. The highest BCUT2D eigenvalue weighted by molar-refractivity contribution is 5.49. The van der Waals surface area contributed by atoms with Crippen molar-refractivity contribution in [2.24, 2.45) is 0 Å². The van der Waals surface area contributed by atoms with Crippen molar-refractivity contribution >= 4 is 11.5 Å². The van der Waals surface area contributed by atoms with Crippen LogP contribution in [0.2, 0.25) is 0 Å². The fourth-order valence-electron chi connectivity index (χ4n) is 1.98. The smallest absolute Gasteiger partial charge is 0.349 e. The molecule has 8 heteroatoms. The predicted molar refractivity (Wildman–Crippen MR) is 78.8 cm³/mol. The van der Waals surface area contributed by atoms with Crippen LogP contribution in [0.3, 0.4) is 0 Å². The lowest BCUT2D eigenvalue weighted by Gasteiger charge is -2.07. The molecule has 0 atom stereocenters. The number of ether oxygens (including phenoxy) is 2. The summed E-state index contributed by atoms with van der Waals surface area (Å²) >= 11 is 0. The van der Waals surface area contributed by atoms with Crippen LogP contribution < -0.4 is 11.0 Å². The maximum absolute atomic E-state index is 11.5. The molecule has 0 aliphatic rings. The normalized spacial score (nSPS) is 11.1. The zero-order chi connectivity index (χ0) is 15.1. The number of nitrogens with zero attached hydrogens (tertiary/aromatic N) is 3. The third-order valence-corrected chi connectivity index (χ3v) is 3.02. The van der Waals surface area contributed by atoms with Gasteiger partial charge in [-0.25, -0.2) is 19.3 Å². The van der Waals surface area contributed by atoms with E-state index >= 15 is 0 Å². The summed E-state index contributed by atoms with van der Waals surface area (Å²) in [4.78, 5) is 15.8. The van der Waals surface area contributed by atoms with E-state index in [9.17, 15) is 4.79 Å². The topological polar surface area (TPSA) is 93.5 Å². The predicted octanol–water partition coefficient (Wildman–Crippen LogP) is 0.581. The van der Waals surface area contributed by atoms with Crippen molar-refractivity contribution < 1.29 is 9.47 Å². The van der Waals surface area contributed by atoms with E-state index in [0.717, 1.165) is 31.8 Å². The Kier molecular flexibility index (Phi) is 5.70. The summed E-state index contributed by atoms with van der Waals surface area (Å²) in [6, 6.07) is 1.75. The van der Waals surface area contributed by atoms with E-state index in [1.165, 1.54) is 4.40 Å². The molecular formula is C13H21N5O3. The summed E-state index contributed by atoms with van der Waals surface area (Å²) < 4.78 is 11.7. The maximum Gasteiger partial charge on any atom is 0.349 e. The summed E-state index contributed by atoms with van der Waals surface area (Å²) in [5, 5.41) is 9.58. The van der Waals surface area contributed by atoms with Crippen LogP contribution in [0, 0.1) is 6.92 Å². The number of nitrogens with one attached hydrogen (secondary N) is 2. The molecule has 0 saturated carbocycles. The van der Waals surface area contributed by atoms with Crippen LogP contribution in [0.15, 0.2) is 10.9 Å². The van der Waals surface area contributed by atoms with E-state index in [1.54, 1.807) is 20.1 Å². The summed E-state index contributed by atoms with van der Waals surface area (Å²) in [6.45, 7) is 4.56. The van der Waals surface area contributed by atoms with Gasteiger partial charge in [-0.15, -0.1) is 0 Å². The second-order valence-corrected chi connectivity index (χ2v) is 4.65. The van der Waals surface area contributed by atoms with Gasteiger partial charge in [-0.1, -0.05) is 0 Å². The highest BCUT2D eigenvalue weighted by atomic mass is 16.5. The third-order valence-electron chi connectivity index (χ3n) is 3.02. The Bertz CT molecular complexity index is 622. The molecule has 2 aromatic rings. The molecule has 0 aliphatic carbocycles. The number of hydrogen-bond donors (Lipinski definition) is 2. The molecule has 0 amide bonds. The van der Waals surface area contributed by atoms with Gasteiger partial charge in [0.05, 0.1) is 13.2 Å². The first kappa shape index (κ1) is 15.5. The van der Waals surface area contributed by atoms with Gasteiger partial charge in [-0.3, -0.25) is 0 Å². The average Bonchev–Trinajstić information content (AvgIpc) is 2.84. The molecule has 2 rings (SSSR count). The number of rotatable bonds is 9. The number of aromatic nitrogens is 4. The average molecular weight is 295 g/mol. The van der Waals surface area contributed by atoms with Gasteiger partial charge in [0.2, 0.25) is 0 Å². The Hall–Kier alpha value is -1.93. The van der Waals surface area contributed by atoms with Crippen LogP contribution in [0.4, 0.5) is 5.82 Å². The SMILES string of the molecule is COCCOCCCCNc1cc2n[nH]c(=O)n2c(C)n1. The van der Waals surface area contributed by atoms with Gasteiger partial charge >= 0.3 is 5.69 Å². The minimum absolute atomic E-state index is 0.269. The van der Waals surface area contributed by atoms with Crippen LogP contribution in [0.5, 0.6) is 0 Å². The number of hydrogen-bond acceptors (Lipinski definition) is 6. The van der Waals surface area contributed by atoms with E-state index in [-0.39, 0.29) is 5.69 Å². The number of aromatic amines is 1. The minimum atomic E-state index is -0.269. The Morgan fingerprint density at radius 2 is 2.19 bits per heavy atom. The maximum atomic E-state index is 11.5. The van der Waals surface area contributed by atoms with Crippen molar-refractivity contribution in [2.75, 3.05) is 38.8 Å². The molecule has 8 nitrogen and oxygen atoms in total. The number of fused-ring (bicyclic) bond motifs is 1. The van der Waals surface area contributed by atoms with Crippen molar-refractivity contribution in [2.45, 2.75) is 19.8 Å². The van der Waals surface area contributed by atoms with Crippen molar-refractivity contribution in [1.29, 1.82) is 0 Å². The van der Waals surface area contributed by atoms with Gasteiger partial charge in [-0.05, 0) is 19.8 Å². The first-order chi connectivity index (χ1) is 10.2. The number of aryl methyl sites for hydroxylation is 1. The third kappa shape index (κ3) is 4.27. The molecular weight excluding hydrogens is 274 g/mol. The fraction of sp³-hybridized carbons (Fsp3) is 0.615. The van der Waals surface area contributed by atoms with Gasteiger partial charge < -0.3 is 14.8 Å². The van der Waals surface area contributed by atoms with Crippen molar-refractivity contribution in [3.05, 3.63) is 22.4 Å². The van der Waals surface area contributed by atoms with Gasteiger partial charge in [0.1, 0.15) is 11.6 Å². The summed E-state index contributed by atoms with van der Waals surface area (Å²) in [5.41, 5.74) is 0.299. The number of unbranched alkanes of at least 4 members (excludes halogenated alkanes) is 1. The molecule has 0 spiro atoms. The first-order valence-electron chi connectivity index (χ1n) is 6.97. The molecule has 2 aromatic heterocycles. The lowest BCUT2D eigenvalue weighted by atomic mass is 10.3. The molecule has 2 N–H and O–H groups in total. The highest BCUT2D eigenvalue weighted by Gasteiger charge is 2.06. The molecule has 2 heterocycles. The first-order valence-corrected chi connectivity index (χ1v) is 6.97. The fourth-order valence-corrected chi connectivity index (χ4v) is 1.98. The van der Waals surface area contributed by atoms with Crippen LogP contribution in [0.25, 0.3) is 5.65 Å². The molecule has 0 aromatic carbocycles. The Labute approximate surface area is 122 Å². The monoisotopic (exact) mass is 295 g/mol.